The maximum Gasteiger partial charge on any atom is 0.274 e. The average Bonchev–Trinajstić information content (AvgIpc) is 2.71. The zero-order valence-electron chi connectivity index (χ0n) is 10.7. The summed E-state index contributed by atoms with van der Waals surface area (Å²) in [6.45, 7) is 1.69. The lowest BCUT2D eigenvalue weighted by atomic mass is 10.0. The second-order valence-corrected chi connectivity index (χ2v) is 4.47. The van der Waals surface area contributed by atoms with Crippen molar-refractivity contribution in [3.8, 4) is 0 Å². The number of nitrogens with two attached hydrogens (primary N) is 1. The maximum absolute atomic E-state index is 12.0. The molecular formula is C11H15N5O3. The van der Waals surface area contributed by atoms with Crippen LogP contribution in [0.1, 0.15) is 29.0 Å². The number of piperidine rings is 1. The van der Waals surface area contributed by atoms with Gasteiger partial charge in [-0.2, -0.15) is 5.10 Å². The van der Waals surface area contributed by atoms with E-state index in [2.05, 4.69) is 15.5 Å². The number of rotatable bonds is 2. The fraction of sp³-hybridized carbons (Fsp3) is 0.455. The Morgan fingerprint density at radius 3 is 2.79 bits per heavy atom. The first-order valence-corrected chi connectivity index (χ1v) is 5.83. The van der Waals surface area contributed by atoms with Crippen LogP contribution in [0.3, 0.4) is 0 Å². The van der Waals surface area contributed by atoms with E-state index >= 15 is 0 Å². The van der Waals surface area contributed by atoms with Crippen molar-refractivity contribution in [1.29, 1.82) is 0 Å². The van der Waals surface area contributed by atoms with Crippen molar-refractivity contribution in [2.45, 2.75) is 25.8 Å². The number of nitrogens with zero attached hydrogens (tertiary/aromatic N) is 2. The Morgan fingerprint density at radius 1 is 1.53 bits per heavy atom. The fourth-order valence-corrected chi connectivity index (χ4v) is 1.89. The largest absolute Gasteiger partial charge is 0.395 e. The molecule has 0 saturated carbocycles. The molecule has 1 aliphatic heterocycles. The second-order valence-electron chi connectivity index (χ2n) is 4.47. The third-order valence-corrected chi connectivity index (χ3v) is 3.16. The first-order chi connectivity index (χ1) is 8.91. The van der Waals surface area contributed by atoms with E-state index in [4.69, 9.17) is 5.73 Å². The Balaban J connectivity index is 2.09. The highest BCUT2D eigenvalue weighted by Crippen LogP contribution is 2.15. The monoisotopic (exact) mass is 265 g/mol. The number of aryl methyl sites for hydroxylation is 1. The number of H-pyrrole nitrogens is 1. The van der Waals surface area contributed by atoms with Crippen molar-refractivity contribution in [3.63, 3.8) is 0 Å². The molecule has 8 nitrogen and oxygen atoms in total. The summed E-state index contributed by atoms with van der Waals surface area (Å²) in [7, 11) is 1.40. The molecule has 0 aliphatic carbocycles. The van der Waals surface area contributed by atoms with Gasteiger partial charge in [-0.05, 0) is 13.3 Å². The summed E-state index contributed by atoms with van der Waals surface area (Å²) in [5.41, 5.74) is 6.59. The highest BCUT2D eigenvalue weighted by Gasteiger charge is 2.33. The molecule has 8 heteroatoms. The quantitative estimate of drug-likeness (QED) is 0.603. The first kappa shape index (κ1) is 13.1. The molecule has 1 aliphatic rings. The van der Waals surface area contributed by atoms with Gasteiger partial charge < -0.3 is 11.1 Å². The van der Waals surface area contributed by atoms with E-state index in [9.17, 15) is 14.4 Å². The van der Waals surface area contributed by atoms with Gasteiger partial charge in [-0.3, -0.25) is 24.4 Å². The zero-order chi connectivity index (χ0) is 14.2. The Morgan fingerprint density at radius 2 is 2.21 bits per heavy atom. The van der Waals surface area contributed by atoms with E-state index in [1.165, 1.54) is 7.05 Å². The van der Waals surface area contributed by atoms with Gasteiger partial charge >= 0.3 is 0 Å². The molecule has 2 heterocycles. The van der Waals surface area contributed by atoms with E-state index in [-0.39, 0.29) is 30.1 Å². The number of likely N-dealkylation sites (tertiary alicyclic amines) is 1. The normalized spacial score (nSPS) is 19.7. The number of carbonyl (C=O) groups is 3. The minimum absolute atomic E-state index is 0.0600. The van der Waals surface area contributed by atoms with E-state index in [1.54, 1.807) is 6.92 Å². The Kier molecular flexibility index (Phi) is 3.24. The molecule has 3 amide bonds. The van der Waals surface area contributed by atoms with Crippen LogP contribution in [-0.4, -0.2) is 45.9 Å². The smallest absolute Gasteiger partial charge is 0.274 e. The van der Waals surface area contributed by atoms with Gasteiger partial charge in [0.2, 0.25) is 5.91 Å². The Labute approximate surface area is 109 Å². The number of anilines is 1. The van der Waals surface area contributed by atoms with E-state index in [0.717, 1.165) is 4.90 Å². The van der Waals surface area contributed by atoms with E-state index in [1.807, 2.05) is 0 Å². The SMILES string of the molecule is Cc1[nH]nc(C(=O)NC2CCC(=O)N(C)C2=O)c1N. The number of hydrogen-bond donors (Lipinski definition) is 3. The molecule has 2 rings (SSSR count). The summed E-state index contributed by atoms with van der Waals surface area (Å²) in [5.74, 6) is -1.19. The molecule has 1 saturated heterocycles. The second kappa shape index (κ2) is 4.71. The summed E-state index contributed by atoms with van der Waals surface area (Å²) in [6, 6.07) is -0.716. The highest BCUT2D eigenvalue weighted by molar-refractivity contribution is 6.04. The van der Waals surface area contributed by atoms with Gasteiger partial charge in [-0.25, -0.2) is 0 Å². The molecule has 1 unspecified atom stereocenters. The van der Waals surface area contributed by atoms with Gasteiger partial charge in [-0.1, -0.05) is 0 Å². The molecule has 0 spiro atoms. The first-order valence-electron chi connectivity index (χ1n) is 5.83. The highest BCUT2D eigenvalue weighted by atomic mass is 16.2. The van der Waals surface area contributed by atoms with Crippen LogP contribution in [0, 0.1) is 6.92 Å². The topological polar surface area (TPSA) is 121 Å². The molecule has 0 aromatic carbocycles. The van der Waals surface area contributed by atoms with E-state index in [0.29, 0.717) is 5.69 Å². The summed E-state index contributed by atoms with van der Waals surface area (Å²) < 4.78 is 0. The van der Waals surface area contributed by atoms with E-state index < -0.39 is 17.9 Å². The van der Waals surface area contributed by atoms with Crippen molar-refractivity contribution >= 4 is 23.4 Å². The van der Waals surface area contributed by atoms with Crippen LogP contribution in [0.2, 0.25) is 0 Å². The molecule has 4 N–H and O–H groups in total. The summed E-state index contributed by atoms with van der Waals surface area (Å²) in [6.07, 6.45) is 0.513. The average molecular weight is 265 g/mol. The fourth-order valence-electron chi connectivity index (χ4n) is 1.89. The van der Waals surface area contributed by atoms with Crippen molar-refractivity contribution < 1.29 is 14.4 Å². The van der Waals surface area contributed by atoms with Crippen molar-refractivity contribution in [3.05, 3.63) is 11.4 Å². The molecule has 1 atom stereocenters. The minimum Gasteiger partial charge on any atom is -0.395 e. The molecule has 1 fully saturated rings. The van der Waals surface area contributed by atoms with Crippen LogP contribution in [0.15, 0.2) is 0 Å². The number of likely N-dealkylation sites (N-methyl/N-ethyl adjacent to an activating group) is 1. The molecule has 0 bridgehead atoms. The lowest BCUT2D eigenvalue weighted by molar-refractivity contribution is -0.147. The van der Waals surface area contributed by atoms with Crippen molar-refractivity contribution in [1.82, 2.24) is 20.4 Å². The van der Waals surface area contributed by atoms with Gasteiger partial charge in [0.25, 0.3) is 11.8 Å². The van der Waals surface area contributed by atoms with Crippen molar-refractivity contribution in [2.24, 2.45) is 0 Å². The number of amides is 3. The Bertz CT molecular complexity index is 551. The minimum atomic E-state index is -0.716. The van der Waals surface area contributed by atoms with Gasteiger partial charge in [0.1, 0.15) is 6.04 Å². The predicted molar refractivity (Wildman–Crippen MR) is 66.0 cm³/mol. The number of aromatic amines is 1. The van der Waals surface area contributed by atoms with Crippen LogP contribution < -0.4 is 11.1 Å². The number of aromatic nitrogens is 2. The molecular weight excluding hydrogens is 250 g/mol. The number of nitrogens with one attached hydrogen (secondary N) is 2. The van der Waals surface area contributed by atoms with Crippen molar-refractivity contribution in [2.75, 3.05) is 12.8 Å². The molecule has 19 heavy (non-hydrogen) atoms. The lowest BCUT2D eigenvalue weighted by Gasteiger charge is -2.27. The maximum atomic E-state index is 12.0. The summed E-state index contributed by atoms with van der Waals surface area (Å²) in [4.78, 5) is 36.1. The third kappa shape index (κ3) is 2.28. The van der Waals surface area contributed by atoms with Gasteiger partial charge in [-0.15, -0.1) is 0 Å². The van der Waals surface area contributed by atoms with Crippen LogP contribution in [-0.2, 0) is 9.59 Å². The number of carbonyl (C=O) groups excluding carboxylic acids is 3. The molecule has 0 radical (unpaired) electrons. The van der Waals surface area contributed by atoms with Gasteiger partial charge in [0.05, 0.1) is 11.4 Å². The predicted octanol–water partition coefficient (Wildman–Crippen LogP) is -0.822. The van der Waals surface area contributed by atoms with Crippen LogP contribution in [0.25, 0.3) is 0 Å². The standard InChI is InChI=1S/C11H15N5O3/c1-5-8(12)9(15-14-5)10(18)13-6-3-4-7(17)16(2)11(6)19/h6H,3-4,12H2,1-2H3,(H,13,18)(H,14,15). The van der Waals surface area contributed by atoms with Crippen LogP contribution in [0.4, 0.5) is 5.69 Å². The zero-order valence-corrected chi connectivity index (χ0v) is 10.7. The van der Waals surface area contributed by atoms with Crippen LogP contribution in [0.5, 0.6) is 0 Å². The lowest BCUT2D eigenvalue weighted by Crippen LogP contribution is -2.53. The number of nitrogen functional groups attached to an aromatic ring is 1. The Hall–Kier alpha value is -2.38. The summed E-state index contributed by atoms with van der Waals surface area (Å²) >= 11 is 0. The summed E-state index contributed by atoms with van der Waals surface area (Å²) in [5, 5.41) is 8.93. The van der Waals surface area contributed by atoms with Gasteiger partial charge in [0, 0.05) is 13.5 Å². The number of imide groups is 1. The third-order valence-electron chi connectivity index (χ3n) is 3.16. The molecule has 1 aromatic rings. The molecule has 1 aromatic heterocycles. The number of hydrogen-bond acceptors (Lipinski definition) is 5. The molecule has 102 valence electrons. The van der Waals surface area contributed by atoms with Gasteiger partial charge in [0.15, 0.2) is 5.69 Å². The van der Waals surface area contributed by atoms with Crippen LogP contribution >= 0.6 is 0 Å².